The molecule has 0 saturated heterocycles. The van der Waals surface area contributed by atoms with Gasteiger partial charge < -0.3 is 20.3 Å². The van der Waals surface area contributed by atoms with Crippen LogP contribution in [0.25, 0.3) is 0 Å². The van der Waals surface area contributed by atoms with Crippen LogP contribution in [0.4, 0.5) is 5.69 Å². The lowest BCUT2D eigenvalue weighted by Crippen LogP contribution is -2.22. The summed E-state index contributed by atoms with van der Waals surface area (Å²) < 4.78 is 5.06. The summed E-state index contributed by atoms with van der Waals surface area (Å²) in [6.07, 6.45) is 0.468. The number of hydrogen-bond donors (Lipinski definition) is 3. The van der Waals surface area contributed by atoms with Crippen molar-refractivity contribution >= 4 is 11.6 Å². The lowest BCUT2D eigenvalue weighted by molar-refractivity contribution is -0.119. The zero-order chi connectivity index (χ0) is 16.1. The Balaban J connectivity index is 1.97. The number of rotatable bonds is 5. The lowest BCUT2D eigenvalue weighted by Gasteiger charge is -2.13. The molecule has 5 nitrogen and oxygen atoms in total. The molecule has 0 aliphatic heterocycles. The van der Waals surface area contributed by atoms with Crippen LogP contribution in [-0.4, -0.2) is 23.2 Å². The number of ether oxygens (including phenoxy) is 1. The summed E-state index contributed by atoms with van der Waals surface area (Å²) in [5, 5.41) is 21.6. The van der Waals surface area contributed by atoms with Crippen molar-refractivity contribution in [2.45, 2.75) is 13.3 Å². The number of anilines is 1. The topological polar surface area (TPSA) is 78.8 Å². The molecule has 5 heteroatoms. The number of phenolic OH excluding ortho intramolecular Hbond substituents is 2. The predicted octanol–water partition coefficient (Wildman–Crippen LogP) is 2.92. The van der Waals surface area contributed by atoms with E-state index in [0.717, 1.165) is 11.3 Å². The number of nitrogens with one attached hydrogen (secondary N) is 1. The summed E-state index contributed by atoms with van der Waals surface area (Å²) in [4.78, 5) is 12.2. The fraction of sp³-hybridized carbons (Fsp3) is 0.235. The number of benzene rings is 2. The van der Waals surface area contributed by atoms with Crippen LogP contribution >= 0.6 is 0 Å². The molecule has 0 aromatic heterocycles. The molecule has 3 N–H and O–H groups in total. The largest absolute Gasteiger partial charge is 0.504 e. The summed E-state index contributed by atoms with van der Waals surface area (Å²) in [6.45, 7) is 1.81. The molecule has 0 aliphatic carbocycles. The molecule has 0 radical (unpaired) electrons. The van der Waals surface area contributed by atoms with Gasteiger partial charge in [0.15, 0.2) is 11.5 Å². The number of carbonyl (C=O) groups is 1. The maximum absolute atomic E-state index is 12.2. The zero-order valence-corrected chi connectivity index (χ0v) is 12.5. The van der Waals surface area contributed by atoms with E-state index in [4.69, 9.17) is 4.74 Å². The van der Waals surface area contributed by atoms with E-state index in [9.17, 15) is 15.0 Å². The van der Waals surface area contributed by atoms with Gasteiger partial charge in [0.2, 0.25) is 5.91 Å². The third-order valence-corrected chi connectivity index (χ3v) is 3.39. The summed E-state index contributed by atoms with van der Waals surface area (Å²) in [6, 6.07) is 11.7. The van der Waals surface area contributed by atoms with Gasteiger partial charge in [0.1, 0.15) is 5.75 Å². The normalized spacial score (nSPS) is 11.7. The Morgan fingerprint density at radius 1 is 1.14 bits per heavy atom. The van der Waals surface area contributed by atoms with Gasteiger partial charge in [0.25, 0.3) is 0 Å². The van der Waals surface area contributed by atoms with E-state index in [2.05, 4.69) is 5.32 Å². The van der Waals surface area contributed by atoms with E-state index < -0.39 is 0 Å². The smallest absolute Gasteiger partial charge is 0.227 e. The molecule has 1 unspecified atom stereocenters. The molecule has 2 aromatic carbocycles. The SMILES string of the molecule is COc1ccc(NC(=O)C(C)Cc2ccc(O)c(O)c2)cc1. The highest BCUT2D eigenvalue weighted by atomic mass is 16.5. The molecule has 0 heterocycles. The molecule has 0 spiro atoms. The van der Waals surface area contributed by atoms with E-state index in [0.29, 0.717) is 12.1 Å². The summed E-state index contributed by atoms with van der Waals surface area (Å²) in [5.41, 5.74) is 1.49. The predicted molar refractivity (Wildman–Crippen MR) is 84.3 cm³/mol. The lowest BCUT2D eigenvalue weighted by atomic mass is 10.00. The van der Waals surface area contributed by atoms with Gasteiger partial charge in [0.05, 0.1) is 7.11 Å². The minimum Gasteiger partial charge on any atom is -0.504 e. The number of methoxy groups -OCH3 is 1. The second-order valence-corrected chi connectivity index (χ2v) is 5.15. The van der Waals surface area contributed by atoms with Gasteiger partial charge in [0, 0.05) is 11.6 Å². The minimum absolute atomic E-state index is 0.113. The van der Waals surface area contributed by atoms with Gasteiger partial charge in [-0.15, -0.1) is 0 Å². The van der Waals surface area contributed by atoms with E-state index in [1.54, 1.807) is 37.4 Å². The molecular weight excluding hydrogens is 282 g/mol. The first-order chi connectivity index (χ1) is 10.5. The molecule has 2 aromatic rings. The number of amides is 1. The number of phenols is 2. The summed E-state index contributed by atoms with van der Waals surface area (Å²) in [7, 11) is 1.59. The van der Waals surface area contributed by atoms with Crippen LogP contribution in [0.15, 0.2) is 42.5 Å². The molecule has 1 amide bonds. The van der Waals surface area contributed by atoms with Crippen LogP contribution < -0.4 is 10.1 Å². The van der Waals surface area contributed by atoms with Crippen LogP contribution in [0.2, 0.25) is 0 Å². The first-order valence-corrected chi connectivity index (χ1v) is 6.95. The van der Waals surface area contributed by atoms with Gasteiger partial charge >= 0.3 is 0 Å². The molecule has 1 atom stereocenters. The quantitative estimate of drug-likeness (QED) is 0.742. The van der Waals surface area contributed by atoms with E-state index >= 15 is 0 Å². The Labute approximate surface area is 129 Å². The maximum atomic E-state index is 12.2. The van der Waals surface area contributed by atoms with Crippen molar-refractivity contribution in [1.29, 1.82) is 0 Å². The second-order valence-electron chi connectivity index (χ2n) is 5.15. The first kappa shape index (κ1) is 15.7. The first-order valence-electron chi connectivity index (χ1n) is 6.95. The van der Waals surface area contributed by atoms with Crippen molar-refractivity contribution in [3.63, 3.8) is 0 Å². The van der Waals surface area contributed by atoms with E-state index in [1.807, 2.05) is 6.92 Å². The van der Waals surface area contributed by atoms with Gasteiger partial charge in [-0.1, -0.05) is 13.0 Å². The van der Waals surface area contributed by atoms with Crippen LogP contribution in [0.5, 0.6) is 17.2 Å². The monoisotopic (exact) mass is 301 g/mol. The van der Waals surface area contributed by atoms with Crippen LogP contribution in [0.3, 0.4) is 0 Å². The number of carbonyl (C=O) groups excluding carboxylic acids is 1. The summed E-state index contributed by atoms with van der Waals surface area (Å²) in [5.74, 6) is -0.00579. The van der Waals surface area contributed by atoms with Crippen molar-refractivity contribution in [3.8, 4) is 17.2 Å². The molecule has 0 fully saturated rings. The van der Waals surface area contributed by atoms with Crippen molar-refractivity contribution < 1.29 is 19.7 Å². The van der Waals surface area contributed by atoms with Crippen LogP contribution in [-0.2, 0) is 11.2 Å². The summed E-state index contributed by atoms with van der Waals surface area (Å²) >= 11 is 0. The molecule has 0 bridgehead atoms. The Bertz CT molecular complexity index is 652. The Hall–Kier alpha value is -2.69. The maximum Gasteiger partial charge on any atom is 0.227 e. The molecule has 22 heavy (non-hydrogen) atoms. The zero-order valence-electron chi connectivity index (χ0n) is 12.5. The molecular formula is C17H19NO4. The minimum atomic E-state index is -0.272. The second kappa shape index (κ2) is 6.85. The molecule has 2 rings (SSSR count). The third-order valence-electron chi connectivity index (χ3n) is 3.39. The van der Waals surface area contributed by atoms with Gasteiger partial charge in [-0.05, 0) is 48.4 Å². The average Bonchev–Trinajstić information content (AvgIpc) is 2.51. The van der Waals surface area contributed by atoms with Crippen LogP contribution in [0, 0.1) is 5.92 Å². The average molecular weight is 301 g/mol. The standard InChI is InChI=1S/C17H19NO4/c1-11(9-12-3-8-15(19)16(20)10-12)17(21)18-13-4-6-14(22-2)7-5-13/h3-8,10-11,19-20H,9H2,1-2H3,(H,18,21). The van der Waals surface area contributed by atoms with Crippen molar-refractivity contribution in [2.24, 2.45) is 5.92 Å². The van der Waals surface area contributed by atoms with Crippen molar-refractivity contribution in [2.75, 3.05) is 12.4 Å². The van der Waals surface area contributed by atoms with Gasteiger partial charge in [-0.3, -0.25) is 4.79 Å². The fourth-order valence-electron chi connectivity index (χ4n) is 2.08. The molecule has 0 saturated carbocycles. The molecule has 0 aliphatic rings. The van der Waals surface area contributed by atoms with Crippen molar-refractivity contribution in [1.82, 2.24) is 0 Å². The highest BCUT2D eigenvalue weighted by Crippen LogP contribution is 2.26. The van der Waals surface area contributed by atoms with E-state index in [1.165, 1.54) is 12.1 Å². The fourth-order valence-corrected chi connectivity index (χ4v) is 2.08. The van der Waals surface area contributed by atoms with E-state index in [-0.39, 0.29) is 23.3 Å². The Morgan fingerprint density at radius 3 is 2.41 bits per heavy atom. The Morgan fingerprint density at radius 2 is 1.82 bits per heavy atom. The molecule has 116 valence electrons. The highest BCUT2D eigenvalue weighted by Gasteiger charge is 2.14. The van der Waals surface area contributed by atoms with Gasteiger partial charge in [-0.2, -0.15) is 0 Å². The van der Waals surface area contributed by atoms with Crippen molar-refractivity contribution in [3.05, 3.63) is 48.0 Å². The third kappa shape index (κ3) is 3.91. The number of hydrogen-bond acceptors (Lipinski definition) is 4. The van der Waals surface area contributed by atoms with Crippen LogP contribution in [0.1, 0.15) is 12.5 Å². The Kier molecular flexibility index (Phi) is 4.88. The van der Waals surface area contributed by atoms with Gasteiger partial charge in [-0.25, -0.2) is 0 Å². The highest BCUT2D eigenvalue weighted by molar-refractivity contribution is 5.92. The number of aromatic hydroxyl groups is 2.